The Hall–Kier alpha value is -1.10. The highest BCUT2D eigenvalue weighted by Gasteiger charge is 2.22. The van der Waals surface area contributed by atoms with Gasteiger partial charge in [-0.05, 0) is 26.7 Å². The molecule has 16 heavy (non-hydrogen) atoms. The second kappa shape index (κ2) is 5.84. The molecule has 0 aliphatic heterocycles. The topological polar surface area (TPSA) is 61.4 Å². The molecule has 5 nitrogen and oxygen atoms in total. The lowest BCUT2D eigenvalue weighted by Crippen LogP contribution is -2.42. The third kappa shape index (κ3) is 4.61. The standard InChI is InChI=1S/C11H21N3O2/c1-8(2)14(3)11(16)7-12-6-10(15)13-9-4-5-9/h8-9,12H,4-7H2,1-3H3,(H,13,15). The second-order valence-corrected chi connectivity index (χ2v) is 4.54. The quantitative estimate of drug-likeness (QED) is 0.656. The third-order valence-corrected chi connectivity index (χ3v) is 2.67. The molecule has 1 saturated carbocycles. The molecular formula is C11H21N3O2. The molecule has 1 aliphatic rings. The van der Waals surface area contributed by atoms with E-state index in [1.165, 1.54) is 0 Å². The molecule has 2 N–H and O–H groups in total. The molecule has 0 atom stereocenters. The van der Waals surface area contributed by atoms with E-state index in [2.05, 4.69) is 10.6 Å². The summed E-state index contributed by atoms with van der Waals surface area (Å²) < 4.78 is 0. The molecule has 2 amide bonds. The minimum atomic E-state index is -0.0255. The first-order chi connectivity index (χ1) is 7.50. The third-order valence-electron chi connectivity index (χ3n) is 2.67. The summed E-state index contributed by atoms with van der Waals surface area (Å²) in [6, 6.07) is 0.568. The lowest BCUT2D eigenvalue weighted by molar-refractivity contribution is -0.130. The zero-order chi connectivity index (χ0) is 12.1. The number of carbonyl (C=O) groups is 2. The van der Waals surface area contributed by atoms with Gasteiger partial charge in [0.25, 0.3) is 0 Å². The number of rotatable bonds is 6. The molecular weight excluding hydrogens is 206 g/mol. The van der Waals surface area contributed by atoms with E-state index in [9.17, 15) is 9.59 Å². The molecule has 92 valence electrons. The molecule has 5 heteroatoms. The van der Waals surface area contributed by atoms with Crippen LogP contribution in [0.1, 0.15) is 26.7 Å². The fourth-order valence-corrected chi connectivity index (χ4v) is 1.20. The van der Waals surface area contributed by atoms with Crippen molar-refractivity contribution < 1.29 is 9.59 Å². The minimum absolute atomic E-state index is 0.00854. The van der Waals surface area contributed by atoms with Crippen molar-refractivity contribution in [1.82, 2.24) is 15.5 Å². The van der Waals surface area contributed by atoms with Crippen LogP contribution in [0, 0.1) is 0 Å². The second-order valence-electron chi connectivity index (χ2n) is 4.54. The Kier molecular flexibility index (Phi) is 4.73. The number of nitrogens with one attached hydrogen (secondary N) is 2. The minimum Gasteiger partial charge on any atom is -0.352 e. The van der Waals surface area contributed by atoms with Crippen LogP contribution in [0.2, 0.25) is 0 Å². The molecule has 0 bridgehead atoms. The van der Waals surface area contributed by atoms with Crippen LogP contribution in [-0.4, -0.2) is 48.9 Å². The predicted molar refractivity (Wildman–Crippen MR) is 61.9 cm³/mol. The summed E-state index contributed by atoms with van der Waals surface area (Å²) in [4.78, 5) is 24.5. The Morgan fingerprint density at radius 2 is 1.94 bits per heavy atom. The molecule has 1 rings (SSSR count). The summed E-state index contributed by atoms with van der Waals surface area (Å²) in [5.74, 6) is -0.0169. The Bertz CT molecular complexity index is 262. The highest BCUT2D eigenvalue weighted by atomic mass is 16.2. The number of hydrogen-bond donors (Lipinski definition) is 2. The van der Waals surface area contributed by atoms with Gasteiger partial charge in [0.05, 0.1) is 13.1 Å². The molecule has 0 radical (unpaired) electrons. The van der Waals surface area contributed by atoms with E-state index >= 15 is 0 Å². The average Bonchev–Trinajstić information content (AvgIpc) is 3.00. The summed E-state index contributed by atoms with van der Waals surface area (Å²) in [6.07, 6.45) is 2.17. The lowest BCUT2D eigenvalue weighted by atomic mass is 10.3. The zero-order valence-electron chi connectivity index (χ0n) is 10.2. The van der Waals surface area contributed by atoms with Crippen molar-refractivity contribution in [2.45, 2.75) is 38.8 Å². The molecule has 0 saturated heterocycles. The van der Waals surface area contributed by atoms with Gasteiger partial charge in [-0.3, -0.25) is 14.9 Å². The van der Waals surface area contributed by atoms with Crippen molar-refractivity contribution in [1.29, 1.82) is 0 Å². The molecule has 0 unspecified atom stereocenters. The van der Waals surface area contributed by atoms with Crippen LogP contribution in [-0.2, 0) is 9.59 Å². The predicted octanol–water partition coefficient (Wildman–Crippen LogP) is -0.279. The fourth-order valence-electron chi connectivity index (χ4n) is 1.20. The van der Waals surface area contributed by atoms with Crippen LogP contribution < -0.4 is 10.6 Å². The van der Waals surface area contributed by atoms with Crippen LogP contribution in [0.15, 0.2) is 0 Å². The van der Waals surface area contributed by atoms with E-state index < -0.39 is 0 Å². The van der Waals surface area contributed by atoms with Crippen molar-refractivity contribution in [3.63, 3.8) is 0 Å². The van der Waals surface area contributed by atoms with E-state index in [1.807, 2.05) is 13.8 Å². The Balaban J connectivity index is 2.09. The van der Waals surface area contributed by atoms with Gasteiger partial charge in [0.1, 0.15) is 0 Å². The normalized spacial score (nSPS) is 15.0. The van der Waals surface area contributed by atoms with Crippen molar-refractivity contribution in [3.05, 3.63) is 0 Å². The molecule has 1 fully saturated rings. The maximum Gasteiger partial charge on any atom is 0.236 e. The molecule has 0 aromatic rings. The summed E-state index contributed by atoms with van der Waals surface area (Å²) in [5.41, 5.74) is 0. The van der Waals surface area contributed by atoms with E-state index in [0.29, 0.717) is 6.04 Å². The summed E-state index contributed by atoms with van der Waals surface area (Å²) in [5, 5.41) is 5.70. The smallest absolute Gasteiger partial charge is 0.236 e. The summed E-state index contributed by atoms with van der Waals surface area (Å²) in [7, 11) is 1.76. The first-order valence-corrected chi connectivity index (χ1v) is 5.76. The van der Waals surface area contributed by atoms with E-state index in [0.717, 1.165) is 12.8 Å². The highest BCUT2D eigenvalue weighted by molar-refractivity contribution is 5.81. The van der Waals surface area contributed by atoms with E-state index in [1.54, 1.807) is 11.9 Å². The first-order valence-electron chi connectivity index (χ1n) is 5.76. The van der Waals surface area contributed by atoms with E-state index in [4.69, 9.17) is 0 Å². The van der Waals surface area contributed by atoms with Gasteiger partial charge in [-0.15, -0.1) is 0 Å². The number of nitrogens with zero attached hydrogens (tertiary/aromatic N) is 1. The summed E-state index contributed by atoms with van der Waals surface area (Å²) >= 11 is 0. The maximum absolute atomic E-state index is 11.5. The lowest BCUT2D eigenvalue weighted by Gasteiger charge is -2.21. The number of likely N-dealkylation sites (N-methyl/N-ethyl adjacent to an activating group) is 1. The van der Waals surface area contributed by atoms with Gasteiger partial charge in [0, 0.05) is 19.1 Å². The van der Waals surface area contributed by atoms with Gasteiger partial charge in [0.15, 0.2) is 0 Å². The molecule has 0 aromatic carbocycles. The fraction of sp³-hybridized carbons (Fsp3) is 0.818. The monoisotopic (exact) mass is 227 g/mol. The van der Waals surface area contributed by atoms with Gasteiger partial charge in [-0.1, -0.05) is 0 Å². The Morgan fingerprint density at radius 1 is 1.31 bits per heavy atom. The van der Waals surface area contributed by atoms with Crippen LogP contribution in [0.4, 0.5) is 0 Å². The van der Waals surface area contributed by atoms with Crippen LogP contribution in [0.25, 0.3) is 0 Å². The Labute approximate surface area is 96.6 Å². The SMILES string of the molecule is CC(C)N(C)C(=O)CNCC(=O)NC1CC1. The van der Waals surface area contributed by atoms with Gasteiger partial charge in [-0.2, -0.15) is 0 Å². The van der Waals surface area contributed by atoms with Crippen molar-refractivity contribution >= 4 is 11.8 Å². The van der Waals surface area contributed by atoms with Crippen molar-refractivity contribution in [2.24, 2.45) is 0 Å². The van der Waals surface area contributed by atoms with Crippen molar-refractivity contribution in [3.8, 4) is 0 Å². The molecule has 0 heterocycles. The number of hydrogen-bond acceptors (Lipinski definition) is 3. The van der Waals surface area contributed by atoms with E-state index in [-0.39, 0.29) is 30.9 Å². The van der Waals surface area contributed by atoms with Gasteiger partial charge >= 0.3 is 0 Å². The number of carbonyl (C=O) groups excluding carboxylic acids is 2. The summed E-state index contributed by atoms with van der Waals surface area (Å²) in [6.45, 7) is 4.34. The average molecular weight is 227 g/mol. The number of amides is 2. The highest BCUT2D eigenvalue weighted by Crippen LogP contribution is 2.18. The zero-order valence-corrected chi connectivity index (χ0v) is 10.2. The van der Waals surface area contributed by atoms with Crippen LogP contribution >= 0.6 is 0 Å². The van der Waals surface area contributed by atoms with Crippen molar-refractivity contribution in [2.75, 3.05) is 20.1 Å². The maximum atomic E-state index is 11.5. The van der Waals surface area contributed by atoms with Gasteiger partial charge in [0.2, 0.25) is 11.8 Å². The molecule has 1 aliphatic carbocycles. The van der Waals surface area contributed by atoms with Crippen LogP contribution in [0.5, 0.6) is 0 Å². The Morgan fingerprint density at radius 3 is 2.44 bits per heavy atom. The molecule has 0 aromatic heterocycles. The van der Waals surface area contributed by atoms with Gasteiger partial charge < -0.3 is 10.2 Å². The van der Waals surface area contributed by atoms with Gasteiger partial charge in [-0.25, -0.2) is 0 Å². The molecule has 0 spiro atoms. The largest absolute Gasteiger partial charge is 0.352 e. The first kappa shape index (κ1) is 13.0. The van der Waals surface area contributed by atoms with Crippen LogP contribution in [0.3, 0.4) is 0 Å².